The van der Waals surface area contributed by atoms with Gasteiger partial charge in [0, 0.05) is 5.56 Å². The normalized spacial score (nSPS) is 15.8. The minimum absolute atomic E-state index is 0.0786. The Balaban J connectivity index is 2.12. The maximum absolute atomic E-state index is 10.2. The second-order valence-electron chi connectivity index (χ2n) is 5.90. The number of benzene rings is 2. The topological polar surface area (TPSA) is 78.4 Å². The van der Waals surface area contributed by atoms with Gasteiger partial charge in [-0.25, -0.2) is 4.72 Å². The monoisotopic (exact) mass is 405 g/mol. The molecule has 1 aliphatic heterocycles. The number of hydrogen-bond donors (Lipinski definition) is 2. The first-order chi connectivity index (χ1) is 13.6. The second kappa shape index (κ2) is 8.53. The van der Waals surface area contributed by atoms with Crippen molar-refractivity contribution in [2.45, 2.75) is 6.04 Å². The third kappa shape index (κ3) is 3.41. The molecule has 2 aromatic rings. The number of nitrogens with one attached hydrogen (secondary N) is 1. The van der Waals surface area contributed by atoms with Crippen LogP contribution in [0.4, 0.5) is 0 Å². The molecule has 1 unspecified atom stereocenters. The Morgan fingerprint density at radius 3 is 2.07 bits per heavy atom. The minimum Gasteiger partial charge on any atom is -0.504 e. The van der Waals surface area contributed by atoms with Gasteiger partial charge in [-0.3, -0.25) is 0 Å². The number of phenolic OH excluding ortho intramolecular Hbond substituents is 1. The molecule has 0 bridgehead atoms. The van der Waals surface area contributed by atoms with E-state index in [-0.39, 0.29) is 11.8 Å². The van der Waals surface area contributed by atoms with Crippen molar-refractivity contribution >= 4 is 17.5 Å². The molecule has 0 aromatic heterocycles. The van der Waals surface area contributed by atoms with E-state index in [2.05, 4.69) is 4.72 Å². The zero-order valence-corrected chi connectivity index (χ0v) is 17.2. The smallest absolute Gasteiger partial charge is 0.207 e. The van der Waals surface area contributed by atoms with Crippen molar-refractivity contribution in [3.8, 4) is 34.5 Å². The molecule has 2 N–H and O–H groups in total. The van der Waals surface area contributed by atoms with E-state index in [1.807, 2.05) is 17.5 Å². The van der Waals surface area contributed by atoms with Gasteiger partial charge >= 0.3 is 0 Å². The van der Waals surface area contributed by atoms with E-state index in [1.54, 1.807) is 40.6 Å². The molecule has 8 heteroatoms. The van der Waals surface area contributed by atoms with E-state index in [4.69, 9.17) is 23.7 Å². The largest absolute Gasteiger partial charge is 0.504 e. The van der Waals surface area contributed by atoms with E-state index in [0.717, 1.165) is 16.7 Å². The molecule has 1 atom stereocenters. The fourth-order valence-corrected chi connectivity index (χ4v) is 4.05. The molecular formula is C20H23NO6S. The number of ether oxygens (including phenoxy) is 5. The quantitative estimate of drug-likeness (QED) is 0.674. The molecule has 150 valence electrons. The average molecular weight is 405 g/mol. The third-order valence-corrected chi connectivity index (χ3v) is 5.26. The number of phenols is 1. The van der Waals surface area contributed by atoms with Crippen molar-refractivity contribution in [2.24, 2.45) is 0 Å². The van der Waals surface area contributed by atoms with Crippen LogP contribution in [-0.4, -0.2) is 40.7 Å². The van der Waals surface area contributed by atoms with Gasteiger partial charge in [0.25, 0.3) is 0 Å². The molecule has 0 aliphatic carbocycles. The second-order valence-corrected chi connectivity index (χ2v) is 6.61. The molecule has 1 aliphatic rings. The maximum Gasteiger partial charge on any atom is 0.207 e. The number of methoxy groups -OCH3 is 5. The van der Waals surface area contributed by atoms with Crippen LogP contribution in [-0.2, 0) is 0 Å². The van der Waals surface area contributed by atoms with E-state index in [1.165, 1.54) is 19.1 Å². The Morgan fingerprint density at radius 2 is 1.50 bits per heavy atom. The molecule has 0 amide bonds. The van der Waals surface area contributed by atoms with E-state index in [0.29, 0.717) is 28.7 Å². The summed E-state index contributed by atoms with van der Waals surface area (Å²) in [4.78, 5) is 0. The predicted molar refractivity (Wildman–Crippen MR) is 109 cm³/mol. The first kappa shape index (κ1) is 20.0. The highest BCUT2D eigenvalue weighted by atomic mass is 32.2. The fraction of sp³-hybridized carbons (Fsp3) is 0.300. The third-order valence-electron chi connectivity index (χ3n) is 4.52. The summed E-state index contributed by atoms with van der Waals surface area (Å²) in [5.41, 5.74) is 2.63. The molecule has 7 nitrogen and oxygen atoms in total. The Morgan fingerprint density at radius 1 is 0.821 bits per heavy atom. The van der Waals surface area contributed by atoms with Crippen LogP contribution in [0.5, 0.6) is 34.5 Å². The van der Waals surface area contributed by atoms with Crippen molar-refractivity contribution in [1.29, 1.82) is 0 Å². The predicted octanol–water partition coefficient (Wildman–Crippen LogP) is 3.77. The summed E-state index contributed by atoms with van der Waals surface area (Å²) < 4.78 is 30.6. The lowest BCUT2D eigenvalue weighted by molar-refractivity contribution is 0.305. The van der Waals surface area contributed by atoms with Gasteiger partial charge in [0.2, 0.25) is 11.5 Å². The highest BCUT2D eigenvalue weighted by Gasteiger charge is 2.30. The SMILES string of the molecule is COc1ccc(C2NSC=C2c2cc(OC)c(OC)c(OC)c2OC)cc1O. The van der Waals surface area contributed by atoms with Crippen LogP contribution >= 0.6 is 11.9 Å². The van der Waals surface area contributed by atoms with Crippen molar-refractivity contribution in [2.75, 3.05) is 35.5 Å². The zero-order valence-electron chi connectivity index (χ0n) is 16.4. The molecule has 0 spiro atoms. The molecule has 3 rings (SSSR count). The highest BCUT2D eigenvalue weighted by molar-refractivity contribution is 8.00. The van der Waals surface area contributed by atoms with Gasteiger partial charge in [-0.15, -0.1) is 0 Å². The van der Waals surface area contributed by atoms with Crippen LogP contribution in [0.3, 0.4) is 0 Å². The van der Waals surface area contributed by atoms with Gasteiger partial charge in [-0.2, -0.15) is 0 Å². The maximum atomic E-state index is 10.2. The number of aromatic hydroxyl groups is 1. The Bertz CT molecular complexity index is 899. The molecule has 0 saturated carbocycles. The van der Waals surface area contributed by atoms with Gasteiger partial charge < -0.3 is 28.8 Å². The van der Waals surface area contributed by atoms with Crippen LogP contribution in [0.15, 0.2) is 29.7 Å². The molecule has 0 radical (unpaired) electrons. The number of hydrogen-bond acceptors (Lipinski definition) is 8. The lowest BCUT2D eigenvalue weighted by Gasteiger charge is -2.22. The first-order valence-electron chi connectivity index (χ1n) is 8.45. The van der Waals surface area contributed by atoms with Gasteiger partial charge in [0.15, 0.2) is 23.0 Å². The van der Waals surface area contributed by atoms with Gasteiger partial charge in [-0.05, 0) is 34.7 Å². The van der Waals surface area contributed by atoms with E-state index < -0.39 is 0 Å². The van der Waals surface area contributed by atoms with Crippen LogP contribution in [0.2, 0.25) is 0 Å². The van der Waals surface area contributed by atoms with Crippen molar-refractivity contribution in [3.63, 3.8) is 0 Å². The van der Waals surface area contributed by atoms with Crippen LogP contribution in [0, 0.1) is 0 Å². The van der Waals surface area contributed by atoms with Crippen LogP contribution in [0.1, 0.15) is 17.2 Å². The lowest BCUT2D eigenvalue weighted by Crippen LogP contribution is -2.12. The summed E-state index contributed by atoms with van der Waals surface area (Å²) in [7, 11) is 7.78. The lowest BCUT2D eigenvalue weighted by atomic mass is 9.93. The minimum atomic E-state index is -0.182. The summed E-state index contributed by atoms with van der Waals surface area (Å²) in [6, 6.07) is 7.00. The Labute approximate surface area is 168 Å². The molecule has 1 heterocycles. The molecule has 28 heavy (non-hydrogen) atoms. The summed E-state index contributed by atoms with van der Waals surface area (Å²) in [5, 5.41) is 12.2. The standard InChI is InChI=1S/C20H23NO6S/c1-23-15-7-6-11(8-14(15)22)17-13(10-28-21-17)12-9-16(24-2)19(26-4)20(27-5)18(12)25-3/h6-10,17,21-22H,1-5H3. The molecule has 0 saturated heterocycles. The van der Waals surface area contributed by atoms with E-state index in [9.17, 15) is 5.11 Å². The van der Waals surface area contributed by atoms with Crippen molar-refractivity contribution in [3.05, 3.63) is 40.8 Å². The number of rotatable bonds is 7. The summed E-state index contributed by atoms with van der Waals surface area (Å²) in [5.74, 6) is 2.49. The Kier molecular flexibility index (Phi) is 6.11. The summed E-state index contributed by atoms with van der Waals surface area (Å²) in [6.45, 7) is 0. The molecule has 0 fully saturated rings. The van der Waals surface area contributed by atoms with Gasteiger partial charge in [0.1, 0.15) is 0 Å². The van der Waals surface area contributed by atoms with Crippen molar-refractivity contribution in [1.82, 2.24) is 4.72 Å². The molecule has 2 aromatic carbocycles. The van der Waals surface area contributed by atoms with Crippen LogP contribution < -0.4 is 28.4 Å². The van der Waals surface area contributed by atoms with Crippen molar-refractivity contribution < 1.29 is 28.8 Å². The Hall–Kier alpha value is -2.71. The van der Waals surface area contributed by atoms with Gasteiger partial charge in [-0.1, -0.05) is 18.0 Å². The molecular weight excluding hydrogens is 382 g/mol. The highest BCUT2D eigenvalue weighted by Crippen LogP contribution is 2.52. The average Bonchev–Trinajstić information content (AvgIpc) is 3.21. The fourth-order valence-electron chi connectivity index (χ4n) is 3.20. The summed E-state index contributed by atoms with van der Waals surface area (Å²) in [6.07, 6.45) is 0. The van der Waals surface area contributed by atoms with E-state index >= 15 is 0 Å². The zero-order chi connectivity index (χ0) is 20.3. The summed E-state index contributed by atoms with van der Waals surface area (Å²) >= 11 is 1.46. The van der Waals surface area contributed by atoms with Crippen LogP contribution in [0.25, 0.3) is 5.57 Å². The first-order valence-corrected chi connectivity index (χ1v) is 9.33. The van der Waals surface area contributed by atoms with Gasteiger partial charge in [0.05, 0.1) is 41.6 Å².